The summed E-state index contributed by atoms with van der Waals surface area (Å²) in [5, 5.41) is 13.1. The number of aliphatic hydroxyl groups excluding tert-OH is 1. The molecule has 2 nitrogen and oxygen atoms in total. The van der Waals surface area contributed by atoms with Gasteiger partial charge in [-0.05, 0) is 40.9 Å². The molecular formula is C13H20BrNOS. The van der Waals surface area contributed by atoms with Gasteiger partial charge in [-0.25, -0.2) is 0 Å². The van der Waals surface area contributed by atoms with E-state index in [0.717, 1.165) is 13.1 Å². The van der Waals surface area contributed by atoms with E-state index in [2.05, 4.69) is 33.4 Å². The van der Waals surface area contributed by atoms with E-state index in [0.29, 0.717) is 6.61 Å². The summed E-state index contributed by atoms with van der Waals surface area (Å²) in [6.07, 6.45) is 6.22. The maximum Gasteiger partial charge on any atom is 0.0701 e. The van der Waals surface area contributed by atoms with Crippen LogP contribution in [0.5, 0.6) is 0 Å². The lowest BCUT2D eigenvalue weighted by Crippen LogP contribution is -2.38. The summed E-state index contributed by atoms with van der Waals surface area (Å²) in [4.78, 5) is 1.35. The molecule has 2 rings (SSSR count). The lowest BCUT2D eigenvalue weighted by molar-refractivity contribution is 0.0811. The summed E-state index contributed by atoms with van der Waals surface area (Å²) in [5.41, 5.74) is 0.146. The number of aliphatic hydroxyl groups is 1. The van der Waals surface area contributed by atoms with E-state index < -0.39 is 0 Å². The van der Waals surface area contributed by atoms with E-state index in [4.69, 9.17) is 0 Å². The van der Waals surface area contributed by atoms with E-state index >= 15 is 0 Å². The van der Waals surface area contributed by atoms with Gasteiger partial charge in [0.05, 0.1) is 3.79 Å². The van der Waals surface area contributed by atoms with Crippen LogP contribution in [0.1, 0.15) is 37.0 Å². The molecule has 0 unspecified atom stereocenters. The van der Waals surface area contributed by atoms with Crippen LogP contribution in [0, 0.1) is 5.41 Å². The molecule has 1 heterocycles. The number of hydrogen-bond donors (Lipinski definition) is 2. The van der Waals surface area contributed by atoms with Crippen molar-refractivity contribution in [3.8, 4) is 0 Å². The molecule has 1 aliphatic carbocycles. The highest BCUT2D eigenvalue weighted by atomic mass is 79.9. The summed E-state index contributed by atoms with van der Waals surface area (Å²) in [6.45, 7) is 2.19. The second-order valence-corrected chi connectivity index (χ2v) is 7.58. The topological polar surface area (TPSA) is 32.3 Å². The molecule has 1 fully saturated rings. The number of hydrogen-bond acceptors (Lipinski definition) is 3. The minimum absolute atomic E-state index is 0.146. The van der Waals surface area contributed by atoms with E-state index in [9.17, 15) is 5.11 Å². The third-order valence-electron chi connectivity index (χ3n) is 3.68. The van der Waals surface area contributed by atoms with Crippen LogP contribution in [0.25, 0.3) is 0 Å². The lowest BCUT2D eigenvalue weighted by Gasteiger charge is -2.35. The fourth-order valence-corrected chi connectivity index (χ4v) is 4.04. The van der Waals surface area contributed by atoms with Gasteiger partial charge in [0, 0.05) is 30.0 Å². The third-order valence-corrected chi connectivity index (χ3v) is 5.30. The first-order chi connectivity index (χ1) is 8.24. The molecule has 1 aromatic heterocycles. The van der Waals surface area contributed by atoms with Crippen molar-refractivity contribution in [1.29, 1.82) is 0 Å². The van der Waals surface area contributed by atoms with Crippen LogP contribution < -0.4 is 5.32 Å². The fourth-order valence-electron chi connectivity index (χ4n) is 2.59. The Balaban J connectivity index is 1.79. The van der Waals surface area contributed by atoms with Crippen molar-refractivity contribution < 1.29 is 5.11 Å². The standard InChI is InChI=1S/C13H20BrNOS/c14-12-5-4-11(17-12)8-15-9-13(10-16)6-2-1-3-7-13/h4-5,15-16H,1-3,6-10H2. The molecule has 0 saturated heterocycles. The molecule has 0 amide bonds. The zero-order valence-corrected chi connectivity index (χ0v) is 12.4. The van der Waals surface area contributed by atoms with Gasteiger partial charge < -0.3 is 10.4 Å². The molecule has 0 aromatic carbocycles. The Bertz CT molecular complexity index is 347. The SMILES string of the molecule is OCC1(CNCc2ccc(Br)s2)CCCCC1. The van der Waals surface area contributed by atoms with Gasteiger partial charge in [0.25, 0.3) is 0 Å². The first kappa shape index (κ1) is 13.5. The van der Waals surface area contributed by atoms with Crippen LogP contribution in [0.2, 0.25) is 0 Å². The summed E-state index contributed by atoms with van der Waals surface area (Å²) in [7, 11) is 0. The van der Waals surface area contributed by atoms with Gasteiger partial charge in [-0.15, -0.1) is 11.3 Å². The first-order valence-electron chi connectivity index (χ1n) is 6.30. The average molecular weight is 318 g/mol. The van der Waals surface area contributed by atoms with Gasteiger partial charge in [-0.2, -0.15) is 0 Å². The lowest BCUT2D eigenvalue weighted by atomic mass is 9.74. The molecule has 0 radical (unpaired) electrons. The second-order valence-electron chi connectivity index (χ2n) is 5.03. The van der Waals surface area contributed by atoms with Crippen LogP contribution in [-0.2, 0) is 6.54 Å². The summed E-state index contributed by atoms with van der Waals surface area (Å²) < 4.78 is 1.18. The quantitative estimate of drug-likeness (QED) is 0.870. The molecule has 1 saturated carbocycles. The fraction of sp³-hybridized carbons (Fsp3) is 0.692. The van der Waals surface area contributed by atoms with Gasteiger partial charge in [0.1, 0.15) is 0 Å². The second kappa shape index (κ2) is 6.32. The molecule has 17 heavy (non-hydrogen) atoms. The van der Waals surface area contributed by atoms with Gasteiger partial charge in [0.2, 0.25) is 0 Å². The van der Waals surface area contributed by atoms with Crippen molar-refractivity contribution in [2.45, 2.75) is 38.6 Å². The number of nitrogens with one attached hydrogen (secondary N) is 1. The number of rotatable bonds is 5. The average Bonchev–Trinajstić information content (AvgIpc) is 2.76. The predicted octanol–water partition coefficient (Wildman–Crippen LogP) is 3.54. The Kier molecular flexibility index (Phi) is 5.03. The van der Waals surface area contributed by atoms with Crippen molar-refractivity contribution in [2.75, 3.05) is 13.2 Å². The molecule has 0 aliphatic heterocycles. The molecule has 0 bridgehead atoms. The molecule has 0 atom stereocenters. The molecule has 2 N–H and O–H groups in total. The zero-order valence-electron chi connectivity index (χ0n) is 10.0. The Morgan fingerprint density at radius 3 is 2.65 bits per heavy atom. The van der Waals surface area contributed by atoms with Gasteiger partial charge in [-0.1, -0.05) is 19.3 Å². The molecule has 96 valence electrons. The smallest absolute Gasteiger partial charge is 0.0701 e. The molecule has 1 aliphatic rings. The van der Waals surface area contributed by atoms with E-state index in [-0.39, 0.29) is 5.41 Å². The predicted molar refractivity (Wildman–Crippen MR) is 76.3 cm³/mol. The van der Waals surface area contributed by atoms with Crippen molar-refractivity contribution in [3.05, 3.63) is 20.8 Å². The summed E-state index contributed by atoms with van der Waals surface area (Å²) in [6, 6.07) is 4.23. The van der Waals surface area contributed by atoms with Crippen LogP contribution in [0.15, 0.2) is 15.9 Å². The normalized spacial score (nSPS) is 19.4. The van der Waals surface area contributed by atoms with Gasteiger partial charge >= 0.3 is 0 Å². The number of thiophene rings is 1. The number of halogens is 1. The molecule has 4 heteroatoms. The summed E-state index contributed by atoms with van der Waals surface area (Å²) in [5.74, 6) is 0. The Morgan fingerprint density at radius 1 is 1.29 bits per heavy atom. The highest BCUT2D eigenvalue weighted by Crippen LogP contribution is 2.35. The van der Waals surface area contributed by atoms with E-state index in [1.807, 2.05) is 0 Å². The van der Waals surface area contributed by atoms with Crippen LogP contribution in [-0.4, -0.2) is 18.3 Å². The Labute approximate surface area is 116 Å². The largest absolute Gasteiger partial charge is 0.396 e. The van der Waals surface area contributed by atoms with Crippen LogP contribution in [0.4, 0.5) is 0 Å². The summed E-state index contributed by atoms with van der Waals surface area (Å²) >= 11 is 5.25. The maximum absolute atomic E-state index is 9.60. The highest BCUT2D eigenvalue weighted by Gasteiger charge is 2.30. The zero-order chi connectivity index (χ0) is 12.1. The van der Waals surface area contributed by atoms with Crippen molar-refractivity contribution in [1.82, 2.24) is 5.32 Å². The van der Waals surface area contributed by atoms with Crippen LogP contribution >= 0.6 is 27.3 Å². The van der Waals surface area contributed by atoms with E-state index in [1.54, 1.807) is 11.3 Å². The molecule has 0 spiro atoms. The third kappa shape index (κ3) is 3.78. The Morgan fingerprint density at radius 2 is 2.06 bits per heavy atom. The first-order valence-corrected chi connectivity index (χ1v) is 7.91. The van der Waals surface area contributed by atoms with E-state index in [1.165, 1.54) is 40.8 Å². The maximum atomic E-state index is 9.60. The molecular weight excluding hydrogens is 298 g/mol. The Hall–Kier alpha value is 0.1000. The van der Waals surface area contributed by atoms with Gasteiger partial charge in [-0.3, -0.25) is 0 Å². The van der Waals surface area contributed by atoms with Crippen LogP contribution in [0.3, 0.4) is 0 Å². The monoisotopic (exact) mass is 317 g/mol. The van der Waals surface area contributed by atoms with Crippen molar-refractivity contribution in [2.24, 2.45) is 5.41 Å². The van der Waals surface area contributed by atoms with Crippen molar-refractivity contribution in [3.63, 3.8) is 0 Å². The van der Waals surface area contributed by atoms with Gasteiger partial charge in [0.15, 0.2) is 0 Å². The highest BCUT2D eigenvalue weighted by molar-refractivity contribution is 9.11. The minimum Gasteiger partial charge on any atom is -0.396 e. The molecule has 1 aromatic rings. The minimum atomic E-state index is 0.146. The van der Waals surface area contributed by atoms with Crippen molar-refractivity contribution >= 4 is 27.3 Å².